The zero-order valence-corrected chi connectivity index (χ0v) is 28.6. The van der Waals surface area contributed by atoms with Gasteiger partial charge in [-0.1, -0.05) is 55.4 Å². The van der Waals surface area contributed by atoms with Gasteiger partial charge < -0.3 is 9.97 Å². The van der Waals surface area contributed by atoms with Gasteiger partial charge in [-0.3, -0.25) is 0 Å². The van der Waals surface area contributed by atoms with Crippen molar-refractivity contribution in [2.45, 2.75) is 107 Å². The Kier molecular flexibility index (Phi) is 11.5. The third kappa shape index (κ3) is 5.56. The second-order valence-corrected chi connectivity index (χ2v) is 10.9. The summed E-state index contributed by atoms with van der Waals surface area (Å²) in [7, 11) is 0. The van der Waals surface area contributed by atoms with E-state index in [-0.39, 0.29) is 29.5 Å². The SMILES string of the molecule is CCC1=C(CC)c2nc1cc1ccc(cc3[nH]c(c(CC)c4nc(c2CC)C(CC)=C4CC)c(CC)c3CC)[nH]1.Cl.[Mn]. The van der Waals surface area contributed by atoms with Crippen LogP contribution in [0.1, 0.15) is 126 Å². The number of halogens is 1. The Hall–Kier alpha value is -2.59. The summed E-state index contributed by atoms with van der Waals surface area (Å²) >= 11 is 0. The van der Waals surface area contributed by atoms with Crippen molar-refractivity contribution in [3.8, 4) is 0 Å². The summed E-state index contributed by atoms with van der Waals surface area (Å²) in [5, 5.41) is 0. The summed E-state index contributed by atoms with van der Waals surface area (Å²) in [6.45, 7) is 18.2. The Labute approximate surface area is 268 Å². The first kappa shape index (κ1) is 33.9. The molecule has 2 aliphatic heterocycles. The van der Waals surface area contributed by atoms with E-state index in [4.69, 9.17) is 9.97 Å². The van der Waals surface area contributed by atoms with Crippen molar-refractivity contribution in [2.24, 2.45) is 0 Å². The Morgan fingerprint density at radius 1 is 0.500 bits per heavy atom. The smallest absolute Gasteiger partial charge is 0.0726 e. The molecule has 2 aliphatic rings. The zero-order valence-electron chi connectivity index (χ0n) is 26.6. The van der Waals surface area contributed by atoms with Gasteiger partial charge in [0.05, 0.1) is 22.8 Å². The number of H-pyrrole nitrogens is 2. The molecule has 4 nitrogen and oxygen atoms in total. The first-order chi connectivity index (χ1) is 19.5. The summed E-state index contributed by atoms with van der Waals surface area (Å²) in [5.74, 6) is 0. The fourth-order valence-corrected chi connectivity index (χ4v) is 7.07. The number of nitrogens with one attached hydrogen (secondary N) is 2. The molecular formula is C36H47ClMnN4. The quantitative estimate of drug-likeness (QED) is 0.245. The molecule has 0 amide bonds. The summed E-state index contributed by atoms with van der Waals surface area (Å²) in [4.78, 5) is 18.5. The van der Waals surface area contributed by atoms with E-state index in [2.05, 4.69) is 89.6 Å². The maximum Gasteiger partial charge on any atom is 0.0726 e. The van der Waals surface area contributed by atoms with Crippen molar-refractivity contribution in [1.29, 1.82) is 0 Å². The van der Waals surface area contributed by atoms with Crippen molar-refractivity contribution < 1.29 is 17.1 Å². The standard InChI is InChI=1S/C36H46N4.ClH.Mn/c1-9-23-25(11-3)33-29(15-7)35-27(13-5)28(14-6)36(40-35)30(16-8)34-26(12-4)24(10-2)32(39-34)20-22-18-17-21(37-22)19-31(23)38-33;;/h17-20,37-38H,9-16H2,1-8H3;1H;. The van der Waals surface area contributed by atoms with Gasteiger partial charge in [-0.05, 0) is 109 Å². The number of aromatic nitrogens is 4. The largest absolute Gasteiger partial charge is 0.355 e. The normalized spacial score (nSPS) is 13.0. The van der Waals surface area contributed by atoms with Crippen LogP contribution in [0, 0.1) is 0 Å². The van der Waals surface area contributed by atoms with E-state index in [0.29, 0.717) is 0 Å². The molecule has 42 heavy (non-hydrogen) atoms. The van der Waals surface area contributed by atoms with E-state index < -0.39 is 0 Å². The molecule has 8 bridgehead atoms. The van der Waals surface area contributed by atoms with Crippen LogP contribution in [-0.4, -0.2) is 19.9 Å². The minimum absolute atomic E-state index is 0. The first-order valence-corrected chi connectivity index (χ1v) is 15.7. The number of nitrogens with zero attached hydrogens (tertiary/aromatic N) is 2. The molecule has 0 fully saturated rings. The third-order valence-corrected chi connectivity index (χ3v) is 8.91. The van der Waals surface area contributed by atoms with E-state index in [1.807, 2.05) is 0 Å². The van der Waals surface area contributed by atoms with Gasteiger partial charge in [0.25, 0.3) is 0 Å². The summed E-state index contributed by atoms with van der Waals surface area (Å²) in [5.41, 5.74) is 20.3. The van der Waals surface area contributed by atoms with Gasteiger partial charge >= 0.3 is 0 Å². The molecule has 0 unspecified atom stereocenters. The van der Waals surface area contributed by atoms with E-state index in [1.165, 1.54) is 67.0 Å². The molecule has 0 saturated carbocycles. The fourth-order valence-electron chi connectivity index (χ4n) is 7.07. The van der Waals surface area contributed by atoms with Crippen LogP contribution < -0.4 is 0 Å². The van der Waals surface area contributed by atoms with Crippen molar-refractivity contribution in [3.05, 3.63) is 69.3 Å². The molecule has 0 saturated heterocycles. The Morgan fingerprint density at radius 2 is 0.976 bits per heavy atom. The van der Waals surface area contributed by atoms with Gasteiger partial charge in [0.1, 0.15) is 0 Å². The predicted molar refractivity (Wildman–Crippen MR) is 181 cm³/mol. The minimum Gasteiger partial charge on any atom is -0.355 e. The van der Waals surface area contributed by atoms with E-state index in [0.717, 1.165) is 73.8 Å². The average Bonchev–Trinajstić information content (AvgIpc) is 3.73. The zero-order chi connectivity index (χ0) is 28.6. The van der Waals surface area contributed by atoms with E-state index >= 15 is 0 Å². The first-order valence-electron chi connectivity index (χ1n) is 15.7. The maximum absolute atomic E-state index is 5.57. The summed E-state index contributed by atoms with van der Waals surface area (Å²) in [6, 6.07) is 8.89. The molecule has 6 heteroatoms. The second-order valence-electron chi connectivity index (χ2n) is 10.9. The number of rotatable bonds is 8. The number of allylic oxidation sites excluding steroid dienone is 4. The third-order valence-electron chi connectivity index (χ3n) is 8.91. The van der Waals surface area contributed by atoms with Crippen molar-refractivity contribution in [2.75, 3.05) is 0 Å². The molecule has 1 radical (unpaired) electrons. The van der Waals surface area contributed by atoms with Gasteiger partial charge in [0, 0.05) is 50.3 Å². The van der Waals surface area contributed by atoms with Crippen LogP contribution in [0.2, 0.25) is 0 Å². The molecule has 5 rings (SSSR count). The topological polar surface area (TPSA) is 57.4 Å². The second kappa shape index (κ2) is 14.3. The fraction of sp³-hybridized carbons (Fsp3) is 0.444. The predicted octanol–water partition coefficient (Wildman–Crippen LogP) is 10.4. The number of aromatic amines is 2. The number of fused-ring (bicyclic) bond motifs is 8. The van der Waals surface area contributed by atoms with Crippen LogP contribution in [0.5, 0.6) is 0 Å². The van der Waals surface area contributed by atoms with Crippen LogP contribution in [-0.2, 0) is 42.8 Å². The number of aryl methyl sites for hydroxylation is 3. The van der Waals surface area contributed by atoms with Gasteiger partial charge in [-0.2, -0.15) is 0 Å². The van der Waals surface area contributed by atoms with Gasteiger partial charge in [0.2, 0.25) is 0 Å². The molecule has 0 aliphatic carbocycles. The minimum atomic E-state index is 0. The maximum atomic E-state index is 5.57. The Morgan fingerprint density at radius 3 is 1.50 bits per heavy atom. The molecule has 0 atom stereocenters. The number of hydrogen-bond acceptors (Lipinski definition) is 2. The van der Waals surface area contributed by atoms with Gasteiger partial charge in [-0.15, -0.1) is 12.4 Å². The Bertz CT molecular complexity index is 1690. The Balaban J connectivity index is 0.00000242. The van der Waals surface area contributed by atoms with Crippen molar-refractivity contribution >= 4 is 56.8 Å². The summed E-state index contributed by atoms with van der Waals surface area (Å²) in [6.07, 6.45) is 7.74. The van der Waals surface area contributed by atoms with E-state index in [9.17, 15) is 0 Å². The summed E-state index contributed by atoms with van der Waals surface area (Å²) < 4.78 is 0. The van der Waals surface area contributed by atoms with Crippen LogP contribution in [0.25, 0.3) is 44.4 Å². The van der Waals surface area contributed by atoms with Crippen LogP contribution >= 0.6 is 12.4 Å². The number of hydrogen-bond donors (Lipinski definition) is 2. The molecule has 0 spiro atoms. The van der Waals surface area contributed by atoms with Crippen molar-refractivity contribution in [1.82, 2.24) is 19.9 Å². The van der Waals surface area contributed by atoms with Crippen molar-refractivity contribution in [3.63, 3.8) is 0 Å². The van der Waals surface area contributed by atoms with Gasteiger partial charge in [-0.25, -0.2) is 9.97 Å². The molecular weight excluding hydrogens is 579 g/mol. The van der Waals surface area contributed by atoms with Crippen LogP contribution in [0.15, 0.2) is 24.3 Å². The molecule has 0 aromatic carbocycles. The molecule has 3 aromatic rings. The monoisotopic (exact) mass is 625 g/mol. The molecule has 2 N–H and O–H groups in total. The van der Waals surface area contributed by atoms with Crippen LogP contribution in [0.3, 0.4) is 0 Å². The average molecular weight is 626 g/mol. The molecule has 5 heterocycles. The molecule has 3 aromatic heterocycles. The van der Waals surface area contributed by atoms with Gasteiger partial charge in [0.15, 0.2) is 0 Å². The van der Waals surface area contributed by atoms with E-state index in [1.54, 1.807) is 0 Å². The van der Waals surface area contributed by atoms with Crippen LogP contribution in [0.4, 0.5) is 0 Å². The molecule has 225 valence electrons.